The van der Waals surface area contributed by atoms with E-state index in [2.05, 4.69) is 5.10 Å². The average molecular weight is 233 g/mol. The zero-order valence-corrected chi connectivity index (χ0v) is 9.33. The molecule has 0 fully saturated rings. The Bertz CT molecular complexity index is 557. The van der Waals surface area contributed by atoms with Crippen molar-refractivity contribution in [1.82, 2.24) is 9.78 Å². The van der Waals surface area contributed by atoms with E-state index in [1.54, 1.807) is 16.9 Å². The van der Waals surface area contributed by atoms with Crippen LogP contribution in [0.2, 0.25) is 0 Å². The maximum Gasteiger partial charge on any atom is 0.125 e. The summed E-state index contributed by atoms with van der Waals surface area (Å²) in [6.45, 7) is 0. The number of nitrogens with zero attached hydrogens (tertiary/aromatic N) is 3. The van der Waals surface area contributed by atoms with Gasteiger partial charge in [-0.3, -0.25) is 4.68 Å². The molecule has 2 rings (SSSR count). The van der Waals surface area contributed by atoms with Gasteiger partial charge in [-0.1, -0.05) is 11.8 Å². The Labute approximate surface area is 96.5 Å². The van der Waals surface area contributed by atoms with E-state index in [1.807, 2.05) is 19.3 Å². The number of aryl methyl sites for hydroxylation is 1. The molecular weight excluding hydrogens is 225 g/mol. The molecule has 0 radical (unpaired) electrons. The highest BCUT2D eigenvalue weighted by atomic mass is 32.2. The summed E-state index contributed by atoms with van der Waals surface area (Å²) in [5.74, 6) is -0.398. The van der Waals surface area contributed by atoms with E-state index in [4.69, 9.17) is 5.26 Å². The fourth-order valence-corrected chi connectivity index (χ4v) is 2.21. The van der Waals surface area contributed by atoms with Crippen LogP contribution in [0, 0.1) is 17.1 Å². The molecule has 0 atom stereocenters. The molecule has 0 saturated carbocycles. The molecule has 80 valence electrons. The van der Waals surface area contributed by atoms with Gasteiger partial charge in [0.15, 0.2) is 0 Å². The summed E-state index contributed by atoms with van der Waals surface area (Å²) >= 11 is 1.38. The molecule has 1 aromatic carbocycles. The van der Waals surface area contributed by atoms with Crippen LogP contribution < -0.4 is 0 Å². The molecule has 0 aliphatic rings. The van der Waals surface area contributed by atoms with Crippen molar-refractivity contribution in [2.45, 2.75) is 9.79 Å². The van der Waals surface area contributed by atoms with Crippen molar-refractivity contribution in [3.63, 3.8) is 0 Å². The standard InChI is InChI=1S/C11H8FN3S/c1-15-7-11(6-14-15)16-10-3-8(5-13)2-9(12)4-10/h2-4,6-7H,1H3. The highest BCUT2D eigenvalue weighted by molar-refractivity contribution is 7.99. The van der Waals surface area contributed by atoms with Gasteiger partial charge in [-0.25, -0.2) is 4.39 Å². The molecule has 1 heterocycles. The lowest BCUT2D eigenvalue weighted by Gasteiger charge is -1.99. The maximum absolute atomic E-state index is 13.1. The summed E-state index contributed by atoms with van der Waals surface area (Å²) in [6, 6.07) is 6.20. The molecule has 5 heteroatoms. The van der Waals surface area contributed by atoms with E-state index in [9.17, 15) is 4.39 Å². The predicted molar refractivity (Wildman–Crippen MR) is 58.4 cm³/mol. The summed E-state index contributed by atoms with van der Waals surface area (Å²) in [4.78, 5) is 1.61. The molecule has 0 saturated heterocycles. The number of nitriles is 1. The first kappa shape index (κ1) is 10.7. The van der Waals surface area contributed by atoms with Gasteiger partial charge in [-0.2, -0.15) is 10.4 Å². The highest BCUT2D eigenvalue weighted by Gasteiger charge is 2.03. The Hall–Kier alpha value is -1.80. The Morgan fingerprint density at radius 1 is 1.38 bits per heavy atom. The molecule has 3 nitrogen and oxygen atoms in total. The molecule has 1 aromatic heterocycles. The molecule has 0 aliphatic carbocycles. The van der Waals surface area contributed by atoms with Crippen LogP contribution in [0.4, 0.5) is 4.39 Å². The third-order valence-electron chi connectivity index (χ3n) is 1.92. The second-order valence-electron chi connectivity index (χ2n) is 3.24. The summed E-state index contributed by atoms with van der Waals surface area (Å²) in [5, 5.41) is 12.7. The quantitative estimate of drug-likeness (QED) is 0.800. The Kier molecular flexibility index (Phi) is 2.93. The van der Waals surface area contributed by atoms with Crippen LogP contribution >= 0.6 is 11.8 Å². The Balaban J connectivity index is 2.28. The molecule has 0 spiro atoms. The van der Waals surface area contributed by atoms with Crippen molar-refractivity contribution in [2.75, 3.05) is 0 Å². The van der Waals surface area contributed by atoms with E-state index < -0.39 is 5.82 Å². The highest BCUT2D eigenvalue weighted by Crippen LogP contribution is 2.28. The first-order valence-corrected chi connectivity index (χ1v) is 5.36. The predicted octanol–water partition coefficient (Wildman–Crippen LogP) is 2.58. The number of hydrogen-bond acceptors (Lipinski definition) is 3. The molecule has 0 bridgehead atoms. The normalized spacial score (nSPS) is 10.1. The zero-order chi connectivity index (χ0) is 11.5. The molecule has 0 N–H and O–H groups in total. The van der Waals surface area contributed by atoms with Gasteiger partial charge in [0, 0.05) is 18.1 Å². The van der Waals surface area contributed by atoms with Gasteiger partial charge in [-0.15, -0.1) is 0 Å². The van der Waals surface area contributed by atoms with Crippen molar-refractivity contribution in [2.24, 2.45) is 7.05 Å². The molecular formula is C11H8FN3S. The summed E-state index contributed by atoms with van der Waals surface area (Å²) in [7, 11) is 1.82. The fourth-order valence-electron chi connectivity index (χ4n) is 1.27. The van der Waals surface area contributed by atoms with E-state index in [0.717, 1.165) is 4.90 Å². The van der Waals surface area contributed by atoms with E-state index >= 15 is 0 Å². The number of aromatic nitrogens is 2. The fraction of sp³-hybridized carbons (Fsp3) is 0.0909. The minimum Gasteiger partial charge on any atom is -0.275 e. The minimum atomic E-state index is -0.398. The number of benzene rings is 1. The van der Waals surface area contributed by atoms with Crippen molar-refractivity contribution >= 4 is 11.8 Å². The van der Waals surface area contributed by atoms with Gasteiger partial charge < -0.3 is 0 Å². The van der Waals surface area contributed by atoms with Gasteiger partial charge in [0.25, 0.3) is 0 Å². The van der Waals surface area contributed by atoms with Crippen LogP contribution in [0.3, 0.4) is 0 Å². The van der Waals surface area contributed by atoms with E-state index in [0.29, 0.717) is 10.5 Å². The minimum absolute atomic E-state index is 0.325. The topological polar surface area (TPSA) is 41.6 Å². The summed E-state index contributed by atoms with van der Waals surface area (Å²) in [6.07, 6.45) is 3.53. The van der Waals surface area contributed by atoms with Crippen molar-refractivity contribution in [3.8, 4) is 6.07 Å². The van der Waals surface area contributed by atoms with E-state index in [-0.39, 0.29) is 0 Å². The SMILES string of the molecule is Cn1cc(Sc2cc(F)cc(C#N)c2)cn1. The number of hydrogen-bond donors (Lipinski definition) is 0. The Morgan fingerprint density at radius 2 is 2.19 bits per heavy atom. The smallest absolute Gasteiger partial charge is 0.125 e. The van der Waals surface area contributed by atoms with Crippen LogP contribution in [-0.2, 0) is 7.05 Å². The molecule has 0 aliphatic heterocycles. The largest absolute Gasteiger partial charge is 0.275 e. The first-order valence-electron chi connectivity index (χ1n) is 4.54. The Morgan fingerprint density at radius 3 is 2.81 bits per heavy atom. The first-order chi connectivity index (χ1) is 7.67. The van der Waals surface area contributed by atoms with Crippen molar-refractivity contribution in [3.05, 3.63) is 42.0 Å². The van der Waals surface area contributed by atoms with Crippen molar-refractivity contribution in [1.29, 1.82) is 5.26 Å². The van der Waals surface area contributed by atoms with Gasteiger partial charge in [0.05, 0.1) is 22.7 Å². The third kappa shape index (κ3) is 2.41. The van der Waals surface area contributed by atoms with Crippen LogP contribution in [-0.4, -0.2) is 9.78 Å². The second kappa shape index (κ2) is 4.37. The van der Waals surface area contributed by atoms with Crippen LogP contribution in [0.5, 0.6) is 0 Å². The van der Waals surface area contributed by atoms with Gasteiger partial charge in [-0.05, 0) is 18.2 Å². The molecule has 0 unspecified atom stereocenters. The summed E-state index contributed by atoms with van der Waals surface area (Å²) in [5.41, 5.74) is 0.325. The van der Waals surface area contributed by atoms with Gasteiger partial charge in [0.2, 0.25) is 0 Å². The zero-order valence-electron chi connectivity index (χ0n) is 8.51. The lowest BCUT2D eigenvalue weighted by atomic mass is 10.2. The van der Waals surface area contributed by atoms with Crippen molar-refractivity contribution < 1.29 is 4.39 Å². The summed E-state index contributed by atoms with van der Waals surface area (Å²) < 4.78 is 14.8. The van der Waals surface area contributed by atoms with E-state index in [1.165, 1.54) is 23.9 Å². The second-order valence-corrected chi connectivity index (χ2v) is 4.39. The van der Waals surface area contributed by atoms with Crippen LogP contribution in [0.15, 0.2) is 40.4 Å². The molecule has 16 heavy (non-hydrogen) atoms. The van der Waals surface area contributed by atoms with Crippen LogP contribution in [0.1, 0.15) is 5.56 Å². The average Bonchev–Trinajstić information content (AvgIpc) is 2.63. The molecule has 0 amide bonds. The van der Waals surface area contributed by atoms with Gasteiger partial charge >= 0.3 is 0 Å². The maximum atomic E-state index is 13.1. The lowest BCUT2D eigenvalue weighted by Crippen LogP contribution is -1.84. The monoisotopic (exact) mass is 233 g/mol. The third-order valence-corrected chi connectivity index (χ3v) is 2.84. The number of rotatable bonds is 2. The van der Waals surface area contributed by atoms with Crippen LogP contribution in [0.25, 0.3) is 0 Å². The number of halogens is 1. The lowest BCUT2D eigenvalue weighted by molar-refractivity contribution is 0.623. The van der Waals surface area contributed by atoms with Gasteiger partial charge in [0.1, 0.15) is 5.82 Å². The molecule has 2 aromatic rings.